The zero-order chi connectivity index (χ0) is 22.1. The van der Waals surface area contributed by atoms with Crippen molar-refractivity contribution in [3.8, 4) is 0 Å². The number of nitrogens with zero attached hydrogens (tertiary/aromatic N) is 2. The van der Waals surface area contributed by atoms with Crippen molar-refractivity contribution in [2.45, 2.75) is 12.8 Å². The summed E-state index contributed by atoms with van der Waals surface area (Å²) in [7, 11) is 0. The van der Waals surface area contributed by atoms with Crippen LogP contribution in [-0.4, -0.2) is 55.5 Å². The van der Waals surface area contributed by atoms with Crippen LogP contribution in [0.4, 0.5) is 11.4 Å². The third-order valence-electron chi connectivity index (χ3n) is 5.84. The first-order valence-electron chi connectivity index (χ1n) is 10.7. The number of furan rings is 1. The maximum absolute atomic E-state index is 13.1. The van der Waals surface area contributed by atoms with Crippen LogP contribution in [0.5, 0.6) is 0 Å². The zero-order valence-corrected chi connectivity index (χ0v) is 17.5. The van der Waals surface area contributed by atoms with E-state index < -0.39 is 0 Å². The van der Waals surface area contributed by atoms with Gasteiger partial charge in [0.1, 0.15) is 11.3 Å². The number of nitrogens with one attached hydrogen (secondary N) is 1. The molecule has 2 fully saturated rings. The molecule has 3 heterocycles. The van der Waals surface area contributed by atoms with Gasteiger partial charge in [-0.1, -0.05) is 12.1 Å². The second-order valence-electron chi connectivity index (χ2n) is 7.86. The standard InChI is InChI=1S/C24H23N3O5/c28-20-6-3-11-27(20)17-9-7-16(8-10-17)23(29)25-21-18-4-1-2-5-19(18)32-22(21)24(30)26-12-14-31-15-13-26/h1-2,4-5,7-10H,3,6,11-15H2,(H,25,29). The summed E-state index contributed by atoms with van der Waals surface area (Å²) in [5.74, 6) is -0.423. The molecule has 3 amide bonds. The van der Waals surface area contributed by atoms with Gasteiger partial charge in [0.2, 0.25) is 11.7 Å². The fraction of sp³-hybridized carbons (Fsp3) is 0.292. The van der Waals surface area contributed by atoms with Gasteiger partial charge in [-0.15, -0.1) is 0 Å². The molecule has 2 saturated heterocycles. The number of anilines is 2. The Hall–Kier alpha value is -3.65. The van der Waals surface area contributed by atoms with Gasteiger partial charge >= 0.3 is 0 Å². The second kappa shape index (κ2) is 8.47. The Morgan fingerprint density at radius 2 is 1.69 bits per heavy atom. The van der Waals surface area contributed by atoms with Gasteiger partial charge in [0.05, 0.1) is 13.2 Å². The van der Waals surface area contributed by atoms with Crippen LogP contribution in [0.15, 0.2) is 52.9 Å². The van der Waals surface area contributed by atoms with Crippen molar-refractivity contribution in [3.63, 3.8) is 0 Å². The zero-order valence-electron chi connectivity index (χ0n) is 17.5. The van der Waals surface area contributed by atoms with E-state index in [4.69, 9.17) is 9.15 Å². The molecule has 3 aromatic rings. The van der Waals surface area contributed by atoms with Crippen LogP contribution < -0.4 is 10.2 Å². The number of para-hydroxylation sites is 1. The SMILES string of the molecule is O=C(Nc1c(C(=O)N2CCOCC2)oc2ccccc12)c1ccc(N2CCCC2=O)cc1. The lowest BCUT2D eigenvalue weighted by Gasteiger charge is -2.26. The predicted octanol–water partition coefficient (Wildman–Crippen LogP) is 3.28. The monoisotopic (exact) mass is 433 g/mol. The summed E-state index contributed by atoms with van der Waals surface area (Å²) >= 11 is 0. The molecule has 2 aromatic carbocycles. The maximum Gasteiger partial charge on any atom is 0.291 e. The molecule has 0 saturated carbocycles. The van der Waals surface area contributed by atoms with Crippen LogP contribution >= 0.6 is 0 Å². The highest BCUT2D eigenvalue weighted by molar-refractivity contribution is 6.14. The van der Waals surface area contributed by atoms with E-state index in [1.165, 1.54) is 0 Å². The summed E-state index contributed by atoms with van der Waals surface area (Å²) in [6.07, 6.45) is 1.39. The molecule has 1 N–H and O–H groups in total. The molecular formula is C24H23N3O5. The maximum atomic E-state index is 13.1. The summed E-state index contributed by atoms with van der Waals surface area (Å²) in [6.45, 7) is 2.58. The van der Waals surface area contributed by atoms with Gasteiger partial charge in [-0.3, -0.25) is 14.4 Å². The molecule has 0 radical (unpaired) electrons. The molecule has 2 aliphatic rings. The van der Waals surface area contributed by atoms with Crippen molar-refractivity contribution in [2.75, 3.05) is 43.1 Å². The number of ether oxygens (including phenoxy) is 1. The first kappa shape index (κ1) is 20.3. The van der Waals surface area contributed by atoms with E-state index in [0.29, 0.717) is 61.5 Å². The second-order valence-corrected chi connectivity index (χ2v) is 7.86. The fourth-order valence-corrected chi connectivity index (χ4v) is 4.13. The van der Waals surface area contributed by atoms with Crippen molar-refractivity contribution >= 4 is 40.1 Å². The first-order chi connectivity index (χ1) is 15.6. The molecule has 0 bridgehead atoms. The van der Waals surface area contributed by atoms with Crippen molar-refractivity contribution in [1.29, 1.82) is 0 Å². The van der Waals surface area contributed by atoms with Gasteiger partial charge in [0.25, 0.3) is 11.8 Å². The molecule has 0 aliphatic carbocycles. The lowest BCUT2D eigenvalue weighted by molar-refractivity contribution is -0.117. The van der Waals surface area contributed by atoms with E-state index in [-0.39, 0.29) is 23.5 Å². The van der Waals surface area contributed by atoms with Crippen LogP contribution in [0.25, 0.3) is 11.0 Å². The highest BCUT2D eigenvalue weighted by Crippen LogP contribution is 2.32. The summed E-state index contributed by atoms with van der Waals surface area (Å²) in [4.78, 5) is 41.5. The number of hydrogen-bond donors (Lipinski definition) is 1. The number of morpholine rings is 1. The molecule has 8 heteroatoms. The van der Waals surface area contributed by atoms with Gasteiger partial charge in [0, 0.05) is 42.7 Å². The van der Waals surface area contributed by atoms with Crippen LogP contribution in [-0.2, 0) is 9.53 Å². The van der Waals surface area contributed by atoms with Gasteiger partial charge in [0.15, 0.2) is 0 Å². The lowest BCUT2D eigenvalue weighted by Crippen LogP contribution is -2.40. The average Bonchev–Trinajstić information content (AvgIpc) is 3.43. The predicted molar refractivity (Wildman–Crippen MR) is 119 cm³/mol. The summed E-state index contributed by atoms with van der Waals surface area (Å²) < 4.78 is 11.2. The molecule has 0 spiro atoms. The molecule has 0 atom stereocenters. The third kappa shape index (κ3) is 3.73. The van der Waals surface area contributed by atoms with Crippen molar-refractivity contribution < 1.29 is 23.5 Å². The number of carbonyl (C=O) groups excluding carboxylic acids is 3. The Balaban J connectivity index is 1.42. The van der Waals surface area contributed by atoms with Gasteiger partial charge in [-0.25, -0.2) is 0 Å². The van der Waals surface area contributed by atoms with Crippen molar-refractivity contribution in [1.82, 2.24) is 4.90 Å². The topological polar surface area (TPSA) is 92.1 Å². The number of carbonyl (C=O) groups is 3. The third-order valence-corrected chi connectivity index (χ3v) is 5.84. The summed E-state index contributed by atoms with van der Waals surface area (Å²) in [6, 6.07) is 14.1. The van der Waals surface area contributed by atoms with E-state index in [1.807, 2.05) is 18.2 Å². The molecule has 8 nitrogen and oxygen atoms in total. The molecular weight excluding hydrogens is 410 g/mol. The van der Waals surface area contributed by atoms with E-state index in [2.05, 4.69) is 5.32 Å². The number of hydrogen-bond acceptors (Lipinski definition) is 5. The number of fused-ring (bicyclic) bond motifs is 1. The minimum absolute atomic E-state index is 0.0957. The fourth-order valence-electron chi connectivity index (χ4n) is 4.13. The summed E-state index contributed by atoms with van der Waals surface area (Å²) in [5.41, 5.74) is 2.10. The first-order valence-corrected chi connectivity index (χ1v) is 10.7. The molecule has 2 aliphatic heterocycles. The van der Waals surface area contributed by atoms with Gasteiger partial charge in [-0.2, -0.15) is 0 Å². The Morgan fingerprint density at radius 3 is 2.41 bits per heavy atom. The molecule has 32 heavy (non-hydrogen) atoms. The van der Waals surface area contributed by atoms with Crippen LogP contribution in [0.2, 0.25) is 0 Å². The minimum Gasteiger partial charge on any atom is -0.449 e. The molecule has 1 aromatic heterocycles. The van der Waals surface area contributed by atoms with Crippen LogP contribution in [0.1, 0.15) is 33.8 Å². The van der Waals surface area contributed by atoms with Crippen molar-refractivity contribution in [2.24, 2.45) is 0 Å². The summed E-state index contributed by atoms with van der Waals surface area (Å²) in [5, 5.41) is 3.54. The quantitative estimate of drug-likeness (QED) is 0.682. The Bertz CT molecular complexity index is 1180. The molecule has 5 rings (SSSR count). The van der Waals surface area contributed by atoms with Gasteiger partial charge < -0.3 is 24.3 Å². The smallest absolute Gasteiger partial charge is 0.291 e. The van der Waals surface area contributed by atoms with E-state index in [1.54, 1.807) is 40.1 Å². The molecule has 164 valence electrons. The average molecular weight is 433 g/mol. The van der Waals surface area contributed by atoms with E-state index >= 15 is 0 Å². The Morgan fingerprint density at radius 1 is 0.938 bits per heavy atom. The highest BCUT2D eigenvalue weighted by atomic mass is 16.5. The van der Waals surface area contributed by atoms with Crippen molar-refractivity contribution in [3.05, 3.63) is 59.9 Å². The van der Waals surface area contributed by atoms with E-state index in [9.17, 15) is 14.4 Å². The minimum atomic E-state index is -0.355. The highest BCUT2D eigenvalue weighted by Gasteiger charge is 2.28. The normalized spacial score (nSPS) is 16.6. The van der Waals surface area contributed by atoms with E-state index in [0.717, 1.165) is 12.1 Å². The number of amides is 3. The Kier molecular flexibility index (Phi) is 5.36. The van der Waals surface area contributed by atoms with Crippen LogP contribution in [0.3, 0.4) is 0 Å². The number of rotatable bonds is 4. The van der Waals surface area contributed by atoms with Gasteiger partial charge in [-0.05, 0) is 42.8 Å². The largest absolute Gasteiger partial charge is 0.449 e. The lowest BCUT2D eigenvalue weighted by atomic mass is 10.1. The number of benzene rings is 2. The Labute approximate surface area is 184 Å². The van der Waals surface area contributed by atoms with Crippen LogP contribution in [0, 0.1) is 0 Å². The molecule has 0 unspecified atom stereocenters.